The van der Waals surface area contributed by atoms with Crippen molar-refractivity contribution in [3.63, 3.8) is 0 Å². The van der Waals surface area contributed by atoms with Gasteiger partial charge in [0.2, 0.25) is 5.91 Å². The number of carbonyl (C=O) groups is 3. The third-order valence-corrected chi connectivity index (χ3v) is 4.48. The summed E-state index contributed by atoms with van der Waals surface area (Å²) in [6, 6.07) is 5.20. The average Bonchev–Trinajstić information content (AvgIpc) is 2.56. The van der Waals surface area contributed by atoms with Gasteiger partial charge in [0.25, 0.3) is 5.91 Å². The number of nitrogens with one attached hydrogen (secondary N) is 1. The summed E-state index contributed by atoms with van der Waals surface area (Å²) in [5, 5.41) is 2.96. The van der Waals surface area contributed by atoms with Crippen molar-refractivity contribution in [2.45, 2.75) is 46.6 Å². The molecule has 6 nitrogen and oxygen atoms in total. The van der Waals surface area contributed by atoms with E-state index in [0.29, 0.717) is 42.3 Å². The van der Waals surface area contributed by atoms with Gasteiger partial charge in [-0.3, -0.25) is 14.4 Å². The van der Waals surface area contributed by atoms with Gasteiger partial charge >= 0.3 is 0 Å². The Bertz CT molecular complexity index is 669. The van der Waals surface area contributed by atoms with Gasteiger partial charge in [-0.1, -0.05) is 13.8 Å². The van der Waals surface area contributed by atoms with E-state index in [1.807, 2.05) is 6.92 Å². The van der Waals surface area contributed by atoms with Gasteiger partial charge in [-0.15, -0.1) is 0 Å². The summed E-state index contributed by atoms with van der Waals surface area (Å²) in [6.07, 6.45) is 0.898. The van der Waals surface area contributed by atoms with Gasteiger partial charge in [-0.25, -0.2) is 0 Å². The van der Waals surface area contributed by atoms with Crippen molar-refractivity contribution in [2.24, 2.45) is 5.92 Å². The van der Waals surface area contributed by atoms with Crippen molar-refractivity contribution in [3.8, 4) is 5.75 Å². The summed E-state index contributed by atoms with van der Waals surface area (Å²) in [7, 11) is 0. The van der Waals surface area contributed by atoms with Crippen LogP contribution < -0.4 is 15.0 Å². The molecule has 6 heteroatoms. The monoisotopic (exact) mass is 346 g/mol. The molecule has 2 amide bonds. The van der Waals surface area contributed by atoms with Crippen LogP contribution in [0.15, 0.2) is 18.2 Å². The first-order valence-corrected chi connectivity index (χ1v) is 8.67. The number of ether oxygens (including phenoxy) is 1. The minimum atomic E-state index is -0.163. The fraction of sp³-hybridized carbons (Fsp3) is 0.526. The number of benzene rings is 1. The van der Waals surface area contributed by atoms with E-state index >= 15 is 0 Å². The van der Waals surface area contributed by atoms with Gasteiger partial charge in [-0.2, -0.15) is 0 Å². The molecular weight excluding hydrogens is 320 g/mol. The van der Waals surface area contributed by atoms with Gasteiger partial charge in [0.15, 0.2) is 12.4 Å². The highest BCUT2D eigenvalue weighted by atomic mass is 16.5. The second-order valence-electron chi connectivity index (χ2n) is 6.78. The van der Waals surface area contributed by atoms with Crippen LogP contribution in [0.3, 0.4) is 0 Å². The Morgan fingerprint density at radius 1 is 1.28 bits per heavy atom. The number of amides is 2. The fourth-order valence-corrected chi connectivity index (χ4v) is 2.56. The number of Topliss-reactive ketones (excluding diaryl/α,β-unsaturated/α-hetero) is 1. The van der Waals surface area contributed by atoms with Crippen LogP contribution in [0.2, 0.25) is 0 Å². The maximum atomic E-state index is 12.2. The van der Waals surface area contributed by atoms with Gasteiger partial charge in [0.05, 0.1) is 5.69 Å². The largest absolute Gasteiger partial charge is 0.482 e. The molecule has 0 saturated carbocycles. The number of nitrogens with zero attached hydrogens (tertiary/aromatic N) is 1. The van der Waals surface area contributed by atoms with Crippen molar-refractivity contribution < 1.29 is 19.1 Å². The van der Waals surface area contributed by atoms with Crippen LogP contribution in [0.25, 0.3) is 0 Å². The molecule has 0 aliphatic carbocycles. The number of ketones is 1. The third-order valence-electron chi connectivity index (χ3n) is 4.48. The highest BCUT2D eigenvalue weighted by Crippen LogP contribution is 2.33. The van der Waals surface area contributed by atoms with E-state index in [4.69, 9.17) is 4.74 Å². The maximum Gasteiger partial charge on any atom is 0.265 e. The molecule has 1 atom stereocenters. The van der Waals surface area contributed by atoms with Crippen LogP contribution in [0.5, 0.6) is 5.75 Å². The maximum absolute atomic E-state index is 12.2. The van der Waals surface area contributed by atoms with Crippen LogP contribution in [-0.2, 0) is 9.59 Å². The molecule has 1 aromatic carbocycles. The Labute approximate surface area is 148 Å². The van der Waals surface area contributed by atoms with E-state index in [0.717, 1.165) is 0 Å². The molecule has 2 rings (SSSR count). The van der Waals surface area contributed by atoms with E-state index in [1.165, 1.54) is 6.92 Å². The third kappa shape index (κ3) is 4.81. The molecule has 0 spiro atoms. The second-order valence-corrected chi connectivity index (χ2v) is 6.78. The van der Waals surface area contributed by atoms with Crippen LogP contribution >= 0.6 is 0 Å². The quantitative estimate of drug-likeness (QED) is 0.770. The summed E-state index contributed by atoms with van der Waals surface area (Å²) in [6.45, 7) is 7.97. The summed E-state index contributed by atoms with van der Waals surface area (Å²) in [5.41, 5.74) is 1.13. The molecule has 0 bridgehead atoms. The molecule has 1 aromatic rings. The molecule has 1 aliphatic rings. The van der Waals surface area contributed by atoms with Crippen molar-refractivity contribution in [2.75, 3.05) is 18.1 Å². The topological polar surface area (TPSA) is 75.7 Å². The number of hydrogen-bond donors (Lipinski definition) is 1. The van der Waals surface area contributed by atoms with Gasteiger partial charge in [0, 0.05) is 24.6 Å². The lowest BCUT2D eigenvalue weighted by atomic mass is 10.1. The van der Waals surface area contributed by atoms with E-state index in [1.54, 1.807) is 23.1 Å². The van der Waals surface area contributed by atoms with Gasteiger partial charge in [0.1, 0.15) is 5.75 Å². The molecule has 0 fully saturated rings. The lowest BCUT2D eigenvalue weighted by Gasteiger charge is -2.29. The molecule has 0 radical (unpaired) electrons. The van der Waals surface area contributed by atoms with E-state index in [-0.39, 0.29) is 30.2 Å². The molecular formula is C19H26N2O4. The number of anilines is 1. The molecule has 136 valence electrons. The van der Waals surface area contributed by atoms with Crippen LogP contribution in [0.4, 0.5) is 5.69 Å². The van der Waals surface area contributed by atoms with Crippen molar-refractivity contribution in [1.29, 1.82) is 0 Å². The molecule has 25 heavy (non-hydrogen) atoms. The highest BCUT2D eigenvalue weighted by molar-refractivity contribution is 6.01. The van der Waals surface area contributed by atoms with Crippen LogP contribution in [0.1, 0.15) is 50.9 Å². The summed E-state index contributed by atoms with van der Waals surface area (Å²) in [4.78, 5) is 37.4. The smallest absolute Gasteiger partial charge is 0.265 e. The Hall–Kier alpha value is -2.37. The van der Waals surface area contributed by atoms with E-state index in [2.05, 4.69) is 19.2 Å². The fourth-order valence-electron chi connectivity index (χ4n) is 2.56. The number of hydrogen-bond acceptors (Lipinski definition) is 4. The van der Waals surface area contributed by atoms with Crippen molar-refractivity contribution in [1.82, 2.24) is 5.32 Å². The Kier molecular flexibility index (Phi) is 6.17. The minimum absolute atomic E-state index is 0.0142. The lowest BCUT2D eigenvalue weighted by Crippen LogP contribution is -2.40. The predicted octanol–water partition coefficient (Wildman–Crippen LogP) is 2.56. The van der Waals surface area contributed by atoms with Gasteiger partial charge in [-0.05, 0) is 44.4 Å². The van der Waals surface area contributed by atoms with Gasteiger partial charge < -0.3 is 15.0 Å². The first kappa shape index (κ1) is 19.0. The second kappa shape index (κ2) is 8.14. The Morgan fingerprint density at radius 3 is 2.64 bits per heavy atom. The van der Waals surface area contributed by atoms with Crippen molar-refractivity contribution in [3.05, 3.63) is 23.8 Å². The minimum Gasteiger partial charge on any atom is -0.482 e. The van der Waals surface area contributed by atoms with Crippen molar-refractivity contribution >= 4 is 23.3 Å². The normalized spacial score (nSPS) is 14.8. The molecule has 1 N–H and O–H groups in total. The molecule has 0 unspecified atom stereocenters. The number of carbonyl (C=O) groups excluding carboxylic acids is 3. The van der Waals surface area contributed by atoms with Crippen LogP contribution in [0, 0.1) is 5.92 Å². The predicted molar refractivity (Wildman–Crippen MR) is 96.0 cm³/mol. The zero-order valence-corrected chi connectivity index (χ0v) is 15.3. The highest BCUT2D eigenvalue weighted by Gasteiger charge is 2.26. The standard InChI is InChI=1S/C19H26N2O4/c1-12(2)13(3)20-18(23)6-5-9-21-16-10-15(14(4)22)7-8-17(16)25-11-19(21)24/h7-8,10,12-13H,5-6,9,11H2,1-4H3,(H,20,23)/t13-/m1/s1. The summed E-state index contributed by atoms with van der Waals surface area (Å²) < 4.78 is 5.43. The summed E-state index contributed by atoms with van der Waals surface area (Å²) in [5.74, 6) is 0.718. The Balaban J connectivity index is 2.00. The number of fused-ring (bicyclic) bond motifs is 1. The Morgan fingerprint density at radius 2 is 2.00 bits per heavy atom. The number of rotatable bonds is 7. The summed E-state index contributed by atoms with van der Waals surface area (Å²) >= 11 is 0. The molecule has 0 aromatic heterocycles. The lowest BCUT2D eigenvalue weighted by molar-refractivity contribution is -0.123. The van der Waals surface area contributed by atoms with E-state index < -0.39 is 0 Å². The first-order valence-electron chi connectivity index (χ1n) is 8.67. The first-order chi connectivity index (χ1) is 11.8. The SMILES string of the molecule is CC(=O)c1ccc2c(c1)N(CCCC(=O)N[C@H](C)C(C)C)C(=O)CO2. The zero-order valence-electron chi connectivity index (χ0n) is 15.3. The molecule has 0 saturated heterocycles. The zero-order chi connectivity index (χ0) is 18.6. The average molecular weight is 346 g/mol. The molecule has 1 heterocycles. The van der Waals surface area contributed by atoms with Crippen LogP contribution in [-0.4, -0.2) is 36.8 Å². The molecule has 1 aliphatic heterocycles. The van der Waals surface area contributed by atoms with E-state index in [9.17, 15) is 14.4 Å².